The van der Waals surface area contributed by atoms with Gasteiger partial charge in [0.25, 0.3) is 0 Å². The van der Waals surface area contributed by atoms with Gasteiger partial charge in [-0.1, -0.05) is 18.5 Å². The van der Waals surface area contributed by atoms with Crippen LogP contribution in [0.15, 0.2) is 73.4 Å². The Bertz CT molecular complexity index is 1570. The zero-order valence-electron chi connectivity index (χ0n) is 19.8. The Kier molecular flexibility index (Phi) is 5.95. The monoisotopic (exact) mass is 498 g/mol. The molecule has 1 aliphatic rings. The summed E-state index contributed by atoms with van der Waals surface area (Å²) in [6, 6.07) is 12.7. The van der Waals surface area contributed by atoms with Gasteiger partial charge in [-0.2, -0.15) is 5.10 Å². The minimum absolute atomic E-state index is 0.333. The first kappa shape index (κ1) is 22.8. The number of aromatic nitrogens is 5. The Morgan fingerprint density at radius 1 is 1.03 bits per heavy atom. The number of hydrogen-bond donors (Lipinski definition) is 0. The molecule has 0 unspecified atom stereocenters. The molecular formula is C28H24ClFN6. The zero-order valence-corrected chi connectivity index (χ0v) is 20.5. The topological polar surface area (TPSA) is 59.7 Å². The second-order valence-corrected chi connectivity index (χ2v) is 9.50. The van der Waals surface area contributed by atoms with Crippen LogP contribution in [0.2, 0.25) is 5.02 Å². The minimum Gasteiger partial charge on any atom is -0.301 e. The Morgan fingerprint density at radius 3 is 2.78 bits per heavy atom. The van der Waals surface area contributed by atoms with E-state index in [0.717, 1.165) is 53.7 Å². The van der Waals surface area contributed by atoms with E-state index < -0.39 is 0 Å². The van der Waals surface area contributed by atoms with E-state index in [4.69, 9.17) is 11.6 Å². The number of likely N-dealkylation sites (tertiary alicyclic amines) is 1. The standard InChI is InChI=1S/C28H24ClFN6/c1-2-35-9-7-22(17-35)36-16-20(15-33-36)18-10-19(14-31-13-18)24-12-27(25-11-21(29)5-6-26(25)30)34-28-23(24)4-3-8-32-28/h3-6,8,10-16,22H,2,7,9,17H2,1H3/t22-/m1/s1. The van der Waals surface area contributed by atoms with Crippen molar-refractivity contribution < 1.29 is 4.39 Å². The lowest BCUT2D eigenvalue weighted by molar-refractivity contribution is 0.335. The van der Waals surface area contributed by atoms with Crippen molar-refractivity contribution in [2.45, 2.75) is 19.4 Å². The lowest BCUT2D eigenvalue weighted by Gasteiger charge is -2.13. The largest absolute Gasteiger partial charge is 0.301 e. The Morgan fingerprint density at radius 2 is 1.92 bits per heavy atom. The van der Waals surface area contributed by atoms with Gasteiger partial charge in [0.15, 0.2) is 5.65 Å². The number of hydrogen-bond acceptors (Lipinski definition) is 5. The van der Waals surface area contributed by atoms with Crippen LogP contribution in [0, 0.1) is 5.82 Å². The number of pyridine rings is 3. The maximum atomic E-state index is 14.7. The lowest BCUT2D eigenvalue weighted by atomic mass is 9.99. The van der Waals surface area contributed by atoms with Crippen LogP contribution in [-0.4, -0.2) is 49.3 Å². The van der Waals surface area contributed by atoms with Crippen molar-refractivity contribution in [1.82, 2.24) is 29.6 Å². The van der Waals surface area contributed by atoms with Gasteiger partial charge in [0.2, 0.25) is 0 Å². The third-order valence-corrected chi connectivity index (χ3v) is 7.08. The van der Waals surface area contributed by atoms with Crippen LogP contribution in [0.25, 0.3) is 44.5 Å². The molecule has 6 rings (SSSR count). The average molecular weight is 499 g/mol. The SMILES string of the molecule is CCN1CC[C@@H](n2cc(-c3cncc(-c4cc(-c5cc(Cl)ccc5F)nc5ncccc45)c3)cn2)C1. The molecule has 1 aromatic carbocycles. The zero-order chi connectivity index (χ0) is 24.6. The second-order valence-electron chi connectivity index (χ2n) is 9.06. The summed E-state index contributed by atoms with van der Waals surface area (Å²) in [5.74, 6) is -0.388. The Labute approximate surface area is 213 Å². The third-order valence-electron chi connectivity index (χ3n) is 6.84. The highest BCUT2D eigenvalue weighted by atomic mass is 35.5. The molecule has 36 heavy (non-hydrogen) atoms. The molecular weight excluding hydrogens is 475 g/mol. The number of fused-ring (bicyclic) bond motifs is 1. The van der Waals surface area contributed by atoms with E-state index in [9.17, 15) is 4.39 Å². The van der Waals surface area contributed by atoms with Crippen molar-refractivity contribution in [1.29, 1.82) is 0 Å². The van der Waals surface area contributed by atoms with Crippen molar-refractivity contribution in [3.05, 3.63) is 84.3 Å². The van der Waals surface area contributed by atoms with Crippen LogP contribution < -0.4 is 0 Å². The maximum absolute atomic E-state index is 14.7. The summed E-state index contributed by atoms with van der Waals surface area (Å²) in [6.07, 6.45) is 10.4. The summed E-state index contributed by atoms with van der Waals surface area (Å²) in [7, 11) is 0. The molecule has 4 aromatic heterocycles. The molecule has 0 N–H and O–H groups in total. The molecule has 1 atom stereocenters. The number of halogens is 2. The van der Waals surface area contributed by atoms with Crippen molar-refractivity contribution in [3.63, 3.8) is 0 Å². The van der Waals surface area contributed by atoms with E-state index >= 15 is 0 Å². The maximum Gasteiger partial charge on any atom is 0.160 e. The normalized spacial score (nSPS) is 16.1. The molecule has 0 radical (unpaired) electrons. The van der Waals surface area contributed by atoms with Gasteiger partial charge in [0.05, 0.1) is 17.9 Å². The number of benzene rings is 1. The van der Waals surface area contributed by atoms with Gasteiger partial charge >= 0.3 is 0 Å². The quantitative estimate of drug-likeness (QED) is 0.285. The Balaban J connectivity index is 1.42. The molecule has 6 nitrogen and oxygen atoms in total. The van der Waals surface area contributed by atoms with E-state index in [1.807, 2.05) is 36.8 Å². The molecule has 0 aliphatic carbocycles. The summed E-state index contributed by atoms with van der Waals surface area (Å²) in [4.78, 5) is 16.0. The van der Waals surface area contributed by atoms with Crippen LogP contribution in [0.1, 0.15) is 19.4 Å². The second kappa shape index (κ2) is 9.41. The van der Waals surface area contributed by atoms with Crippen LogP contribution in [0.4, 0.5) is 4.39 Å². The fraction of sp³-hybridized carbons (Fsp3) is 0.214. The highest BCUT2D eigenvalue weighted by Crippen LogP contribution is 2.34. The van der Waals surface area contributed by atoms with E-state index in [1.54, 1.807) is 12.3 Å². The molecule has 1 saturated heterocycles. The van der Waals surface area contributed by atoms with Gasteiger partial charge in [0, 0.05) is 70.5 Å². The fourth-order valence-corrected chi connectivity index (χ4v) is 5.05. The molecule has 0 amide bonds. The van der Waals surface area contributed by atoms with Crippen molar-refractivity contribution >= 4 is 22.6 Å². The van der Waals surface area contributed by atoms with Crippen LogP contribution in [0.5, 0.6) is 0 Å². The van der Waals surface area contributed by atoms with E-state index in [2.05, 4.69) is 48.8 Å². The molecule has 1 aliphatic heterocycles. The molecule has 5 heterocycles. The Hall–Kier alpha value is -3.68. The van der Waals surface area contributed by atoms with Gasteiger partial charge in [-0.3, -0.25) is 9.67 Å². The minimum atomic E-state index is -0.388. The summed E-state index contributed by atoms with van der Waals surface area (Å²) >= 11 is 6.16. The number of nitrogens with zero attached hydrogens (tertiary/aromatic N) is 6. The van der Waals surface area contributed by atoms with E-state index in [1.165, 1.54) is 12.1 Å². The van der Waals surface area contributed by atoms with Crippen LogP contribution in [0.3, 0.4) is 0 Å². The predicted molar refractivity (Wildman–Crippen MR) is 140 cm³/mol. The van der Waals surface area contributed by atoms with Crippen molar-refractivity contribution in [3.8, 4) is 33.5 Å². The van der Waals surface area contributed by atoms with E-state index in [-0.39, 0.29) is 5.82 Å². The first-order chi connectivity index (χ1) is 17.6. The molecule has 5 aromatic rings. The van der Waals surface area contributed by atoms with Gasteiger partial charge in [0.1, 0.15) is 5.82 Å². The van der Waals surface area contributed by atoms with Gasteiger partial charge in [-0.25, -0.2) is 14.4 Å². The molecule has 0 saturated carbocycles. The van der Waals surface area contributed by atoms with Gasteiger partial charge < -0.3 is 4.90 Å². The van der Waals surface area contributed by atoms with Crippen LogP contribution in [-0.2, 0) is 0 Å². The molecule has 180 valence electrons. The van der Waals surface area contributed by atoms with Crippen molar-refractivity contribution in [2.75, 3.05) is 19.6 Å². The molecule has 1 fully saturated rings. The molecule has 8 heteroatoms. The lowest BCUT2D eigenvalue weighted by Crippen LogP contribution is -2.21. The predicted octanol–water partition coefficient (Wildman–Crippen LogP) is 6.28. The molecule has 0 spiro atoms. The summed E-state index contributed by atoms with van der Waals surface area (Å²) in [6.45, 7) is 5.38. The van der Waals surface area contributed by atoms with Crippen molar-refractivity contribution in [2.24, 2.45) is 0 Å². The third kappa shape index (κ3) is 4.25. The molecule has 0 bridgehead atoms. The summed E-state index contributed by atoms with van der Waals surface area (Å²) < 4.78 is 16.8. The van der Waals surface area contributed by atoms with Gasteiger partial charge in [-0.05, 0) is 61.0 Å². The smallest absolute Gasteiger partial charge is 0.160 e. The first-order valence-corrected chi connectivity index (χ1v) is 12.4. The summed E-state index contributed by atoms with van der Waals surface area (Å²) in [5, 5.41) is 5.97. The average Bonchev–Trinajstić information content (AvgIpc) is 3.59. The van der Waals surface area contributed by atoms with Crippen LogP contribution >= 0.6 is 11.6 Å². The van der Waals surface area contributed by atoms with E-state index in [0.29, 0.717) is 28.0 Å². The summed E-state index contributed by atoms with van der Waals surface area (Å²) in [5.41, 5.74) is 5.08. The fourth-order valence-electron chi connectivity index (χ4n) is 4.87. The highest BCUT2D eigenvalue weighted by Gasteiger charge is 2.23. The highest BCUT2D eigenvalue weighted by molar-refractivity contribution is 6.30. The number of likely N-dealkylation sites (N-methyl/N-ethyl adjacent to an activating group) is 1. The van der Waals surface area contributed by atoms with Gasteiger partial charge in [-0.15, -0.1) is 0 Å². The first-order valence-electron chi connectivity index (χ1n) is 12.0. The number of rotatable bonds is 5.